The normalized spacial score (nSPS) is 15.3. The molecule has 1 amide bonds. The molecule has 1 aliphatic rings. The van der Waals surface area contributed by atoms with E-state index >= 15 is 0 Å². The summed E-state index contributed by atoms with van der Waals surface area (Å²) in [6.45, 7) is 4.81. The minimum Gasteiger partial charge on any atom is -0.370 e. The maximum absolute atomic E-state index is 11.5. The van der Waals surface area contributed by atoms with Gasteiger partial charge in [-0.3, -0.25) is 4.79 Å². The van der Waals surface area contributed by atoms with Gasteiger partial charge in [-0.05, 0) is 25.8 Å². The fourth-order valence-corrected chi connectivity index (χ4v) is 1.37. The Balaban J connectivity index is 1.92. The van der Waals surface area contributed by atoms with Gasteiger partial charge in [-0.25, -0.2) is 0 Å². The van der Waals surface area contributed by atoms with Crippen LogP contribution in [0.25, 0.3) is 0 Å². The molecule has 0 aliphatic heterocycles. The van der Waals surface area contributed by atoms with E-state index in [1.807, 2.05) is 7.05 Å². The number of amides is 1. The molecule has 0 unspecified atom stereocenters. The summed E-state index contributed by atoms with van der Waals surface area (Å²) in [5.41, 5.74) is 0. The Bertz CT molecular complexity index is 193. The molecule has 0 radical (unpaired) electrons. The lowest BCUT2D eigenvalue weighted by Crippen LogP contribution is -2.33. The number of nitrogens with zero attached hydrogens (tertiary/aromatic N) is 1. The van der Waals surface area contributed by atoms with Gasteiger partial charge >= 0.3 is 0 Å². The van der Waals surface area contributed by atoms with Crippen LogP contribution in [-0.2, 0) is 9.53 Å². The van der Waals surface area contributed by atoms with Gasteiger partial charge in [0.05, 0.1) is 6.61 Å². The highest BCUT2D eigenvalue weighted by Gasteiger charge is 2.29. The van der Waals surface area contributed by atoms with Crippen molar-refractivity contribution in [1.29, 1.82) is 0 Å². The van der Waals surface area contributed by atoms with Gasteiger partial charge < -0.3 is 15.0 Å². The Labute approximate surface area is 92.0 Å². The molecule has 0 spiro atoms. The predicted molar refractivity (Wildman–Crippen MR) is 59.8 cm³/mol. The van der Waals surface area contributed by atoms with Gasteiger partial charge in [0, 0.05) is 19.6 Å². The van der Waals surface area contributed by atoms with Crippen LogP contribution >= 0.6 is 0 Å². The quantitative estimate of drug-likeness (QED) is 0.602. The minimum atomic E-state index is 0.105. The SMILES string of the molecule is CCCNCCOCC(=O)N(C)C1CC1. The van der Waals surface area contributed by atoms with Gasteiger partial charge in [-0.15, -0.1) is 0 Å². The summed E-state index contributed by atoms with van der Waals surface area (Å²) in [6, 6.07) is 0.485. The van der Waals surface area contributed by atoms with Crippen LogP contribution < -0.4 is 5.32 Å². The first-order valence-corrected chi connectivity index (χ1v) is 5.79. The summed E-state index contributed by atoms with van der Waals surface area (Å²) in [7, 11) is 1.86. The zero-order valence-corrected chi connectivity index (χ0v) is 9.79. The molecule has 0 aromatic rings. The lowest BCUT2D eigenvalue weighted by Gasteiger charge is -2.16. The van der Waals surface area contributed by atoms with E-state index in [1.165, 1.54) is 0 Å². The van der Waals surface area contributed by atoms with Gasteiger partial charge in [0.1, 0.15) is 6.61 Å². The number of carbonyl (C=O) groups excluding carboxylic acids is 1. The van der Waals surface area contributed by atoms with E-state index in [2.05, 4.69) is 12.2 Å². The monoisotopic (exact) mass is 214 g/mol. The van der Waals surface area contributed by atoms with Gasteiger partial charge in [-0.1, -0.05) is 6.92 Å². The van der Waals surface area contributed by atoms with Crippen molar-refractivity contribution in [2.45, 2.75) is 32.2 Å². The highest BCUT2D eigenvalue weighted by atomic mass is 16.5. The zero-order valence-electron chi connectivity index (χ0n) is 9.79. The van der Waals surface area contributed by atoms with Crippen molar-refractivity contribution in [3.8, 4) is 0 Å². The molecule has 1 fully saturated rings. The summed E-state index contributed by atoms with van der Waals surface area (Å²) in [5.74, 6) is 0.105. The molecule has 0 heterocycles. The summed E-state index contributed by atoms with van der Waals surface area (Å²) in [4.78, 5) is 13.3. The smallest absolute Gasteiger partial charge is 0.248 e. The molecule has 88 valence electrons. The van der Waals surface area contributed by atoms with Gasteiger partial charge in [0.2, 0.25) is 5.91 Å². The van der Waals surface area contributed by atoms with Crippen LogP contribution in [0, 0.1) is 0 Å². The van der Waals surface area contributed by atoms with E-state index < -0.39 is 0 Å². The van der Waals surface area contributed by atoms with Gasteiger partial charge in [-0.2, -0.15) is 0 Å². The molecular weight excluding hydrogens is 192 g/mol. The van der Waals surface area contributed by atoms with Crippen LogP contribution in [0.3, 0.4) is 0 Å². The lowest BCUT2D eigenvalue weighted by molar-refractivity contribution is -0.135. The third-order valence-electron chi connectivity index (χ3n) is 2.56. The second-order valence-electron chi connectivity index (χ2n) is 4.04. The molecule has 0 saturated heterocycles. The Morgan fingerprint density at radius 3 is 2.80 bits per heavy atom. The highest BCUT2D eigenvalue weighted by Crippen LogP contribution is 2.25. The average Bonchev–Trinajstić information content (AvgIpc) is 3.05. The van der Waals surface area contributed by atoms with Crippen LogP contribution in [0.2, 0.25) is 0 Å². The Hall–Kier alpha value is -0.610. The van der Waals surface area contributed by atoms with E-state index in [1.54, 1.807) is 4.90 Å². The maximum Gasteiger partial charge on any atom is 0.248 e. The highest BCUT2D eigenvalue weighted by molar-refractivity contribution is 5.77. The number of rotatable bonds is 8. The van der Waals surface area contributed by atoms with Crippen molar-refractivity contribution in [2.24, 2.45) is 0 Å². The molecule has 0 bridgehead atoms. The van der Waals surface area contributed by atoms with Crippen molar-refractivity contribution in [3.05, 3.63) is 0 Å². The predicted octanol–water partition coefficient (Wildman–Crippen LogP) is 0.623. The minimum absolute atomic E-state index is 0.105. The fourth-order valence-electron chi connectivity index (χ4n) is 1.37. The molecular formula is C11H22N2O2. The number of carbonyl (C=O) groups is 1. The molecule has 4 nitrogen and oxygen atoms in total. The number of likely N-dealkylation sites (N-methyl/N-ethyl adjacent to an activating group) is 1. The first-order chi connectivity index (χ1) is 7.25. The van der Waals surface area contributed by atoms with Crippen LogP contribution in [0.4, 0.5) is 0 Å². The van der Waals surface area contributed by atoms with Crippen molar-refractivity contribution in [2.75, 3.05) is 33.4 Å². The number of nitrogens with one attached hydrogen (secondary N) is 1. The third kappa shape index (κ3) is 5.14. The lowest BCUT2D eigenvalue weighted by atomic mass is 10.5. The second-order valence-corrected chi connectivity index (χ2v) is 4.04. The van der Waals surface area contributed by atoms with Crippen molar-refractivity contribution in [1.82, 2.24) is 10.2 Å². The molecule has 0 aromatic heterocycles. The fraction of sp³-hybridized carbons (Fsp3) is 0.909. The molecule has 1 saturated carbocycles. The van der Waals surface area contributed by atoms with Crippen LogP contribution in [0.1, 0.15) is 26.2 Å². The molecule has 15 heavy (non-hydrogen) atoms. The maximum atomic E-state index is 11.5. The molecule has 0 aromatic carbocycles. The summed E-state index contributed by atoms with van der Waals surface area (Å²) in [6.07, 6.45) is 3.43. The molecule has 1 N–H and O–H groups in total. The largest absolute Gasteiger partial charge is 0.370 e. The second kappa shape index (κ2) is 6.80. The summed E-state index contributed by atoms with van der Waals surface area (Å²) >= 11 is 0. The topological polar surface area (TPSA) is 41.6 Å². The molecule has 1 aliphatic carbocycles. The number of hydrogen-bond acceptors (Lipinski definition) is 3. The van der Waals surface area contributed by atoms with E-state index in [0.717, 1.165) is 32.4 Å². The third-order valence-corrected chi connectivity index (χ3v) is 2.56. The van der Waals surface area contributed by atoms with Crippen LogP contribution in [0.15, 0.2) is 0 Å². The molecule has 4 heteroatoms. The van der Waals surface area contributed by atoms with Crippen LogP contribution in [-0.4, -0.2) is 50.2 Å². The van der Waals surface area contributed by atoms with E-state index in [9.17, 15) is 4.79 Å². The summed E-state index contributed by atoms with van der Waals surface area (Å²) < 4.78 is 5.29. The van der Waals surface area contributed by atoms with Crippen molar-refractivity contribution < 1.29 is 9.53 Å². The standard InChI is InChI=1S/C11H22N2O2/c1-3-6-12-7-8-15-9-11(14)13(2)10-4-5-10/h10,12H,3-9H2,1-2H3. The Morgan fingerprint density at radius 2 is 2.20 bits per heavy atom. The van der Waals surface area contributed by atoms with Gasteiger partial charge in [0.25, 0.3) is 0 Å². The average molecular weight is 214 g/mol. The first kappa shape index (κ1) is 12.5. The van der Waals surface area contributed by atoms with Crippen molar-refractivity contribution >= 4 is 5.91 Å². The van der Waals surface area contributed by atoms with E-state index in [4.69, 9.17) is 4.74 Å². The first-order valence-electron chi connectivity index (χ1n) is 5.79. The summed E-state index contributed by atoms with van der Waals surface area (Å²) in [5, 5.41) is 3.22. The Kier molecular flexibility index (Phi) is 5.65. The van der Waals surface area contributed by atoms with E-state index in [-0.39, 0.29) is 12.5 Å². The zero-order chi connectivity index (χ0) is 11.1. The Morgan fingerprint density at radius 1 is 1.47 bits per heavy atom. The van der Waals surface area contributed by atoms with Crippen molar-refractivity contribution in [3.63, 3.8) is 0 Å². The molecule has 0 atom stereocenters. The van der Waals surface area contributed by atoms with Gasteiger partial charge in [0.15, 0.2) is 0 Å². The number of ether oxygens (including phenoxy) is 1. The van der Waals surface area contributed by atoms with E-state index in [0.29, 0.717) is 12.6 Å². The number of hydrogen-bond donors (Lipinski definition) is 1. The molecule has 1 rings (SSSR count). The van der Waals surface area contributed by atoms with Crippen LogP contribution in [0.5, 0.6) is 0 Å².